The summed E-state index contributed by atoms with van der Waals surface area (Å²) >= 11 is 1.99. The highest BCUT2D eigenvalue weighted by molar-refractivity contribution is 7.99. The molecule has 1 heterocycles. The number of rotatable bonds is 8. The topological polar surface area (TPSA) is 66.5 Å². The Morgan fingerprint density at radius 2 is 1.86 bits per heavy atom. The molecule has 1 saturated carbocycles. The quantitative estimate of drug-likeness (QED) is 0.628. The van der Waals surface area contributed by atoms with Gasteiger partial charge in [0, 0.05) is 36.6 Å². The van der Waals surface area contributed by atoms with Crippen LogP contribution in [0.15, 0.2) is 24.3 Å². The van der Waals surface area contributed by atoms with Crippen LogP contribution in [-0.4, -0.2) is 49.3 Å². The molecule has 1 aromatic rings. The van der Waals surface area contributed by atoms with Crippen LogP contribution in [0.2, 0.25) is 0 Å². The van der Waals surface area contributed by atoms with E-state index in [1.165, 1.54) is 32.1 Å². The van der Waals surface area contributed by atoms with Gasteiger partial charge in [0.15, 0.2) is 0 Å². The molecule has 1 amide bonds. The monoisotopic (exact) mass is 438 g/mol. The van der Waals surface area contributed by atoms with Crippen LogP contribution in [-0.2, 0) is 20.6 Å². The highest BCUT2D eigenvalue weighted by Crippen LogP contribution is 2.28. The fraction of sp³-hybridized carbons (Fsp3) is 0.682. The summed E-state index contributed by atoms with van der Waals surface area (Å²) in [5, 5.41) is 3.83. The van der Waals surface area contributed by atoms with Crippen molar-refractivity contribution >= 4 is 27.7 Å². The van der Waals surface area contributed by atoms with Crippen molar-refractivity contribution in [3.05, 3.63) is 35.4 Å². The Hall–Kier alpha value is -1.05. The van der Waals surface area contributed by atoms with Gasteiger partial charge in [-0.25, -0.2) is 12.7 Å². The smallest absolute Gasteiger partial charge is 0.223 e. The van der Waals surface area contributed by atoms with Crippen LogP contribution in [0.3, 0.4) is 0 Å². The predicted octanol–water partition coefficient (Wildman–Crippen LogP) is 3.72. The SMILES string of the molecule is Cc1cccc(CS(=O)(=O)N2CCC(C(=O)NCCSC3CCCCC3)CC2)c1. The third kappa shape index (κ3) is 7.00. The molecule has 0 bridgehead atoms. The number of aryl methyl sites for hydroxylation is 1. The number of nitrogens with one attached hydrogen (secondary N) is 1. The summed E-state index contributed by atoms with van der Waals surface area (Å²) in [6, 6.07) is 7.64. The van der Waals surface area contributed by atoms with E-state index in [1.807, 2.05) is 43.0 Å². The van der Waals surface area contributed by atoms with Gasteiger partial charge < -0.3 is 5.32 Å². The van der Waals surface area contributed by atoms with Crippen LogP contribution in [0.5, 0.6) is 0 Å². The minimum absolute atomic E-state index is 0.0317. The minimum atomic E-state index is -3.34. The molecule has 2 fully saturated rings. The molecule has 1 N–H and O–H groups in total. The van der Waals surface area contributed by atoms with Crippen LogP contribution < -0.4 is 5.32 Å². The van der Waals surface area contributed by atoms with E-state index in [-0.39, 0.29) is 17.6 Å². The fourth-order valence-corrected chi connectivity index (χ4v) is 7.05. The van der Waals surface area contributed by atoms with E-state index in [0.29, 0.717) is 32.5 Å². The molecule has 1 aliphatic carbocycles. The molecule has 29 heavy (non-hydrogen) atoms. The molecule has 1 aliphatic heterocycles. The number of carbonyl (C=O) groups is 1. The molecule has 1 aromatic carbocycles. The zero-order valence-electron chi connectivity index (χ0n) is 17.4. The van der Waals surface area contributed by atoms with Gasteiger partial charge in [0.25, 0.3) is 0 Å². The van der Waals surface area contributed by atoms with Crippen molar-refractivity contribution in [1.29, 1.82) is 0 Å². The van der Waals surface area contributed by atoms with Gasteiger partial charge in [-0.15, -0.1) is 0 Å². The normalized spacial score (nSPS) is 19.9. The number of sulfonamides is 1. The summed E-state index contributed by atoms with van der Waals surface area (Å²) in [7, 11) is -3.34. The van der Waals surface area contributed by atoms with Crippen LogP contribution >= 0.6 is 11.8 Å². The lowest BCUT2D eigenvalue weighted by atomic mass is 9.97. The number of hydrogen-bond acceptors (Lipinski definition) is 4. The second-order valence-corrected chi connectivity index (χ2v) is 11.7. The van der Waals surface area contributed by atoms with E-state index >= 15 is 0 Å². The van der Waals surface area contributed by atoms with E-state index in [0.717, 1.165) is 22.1 Å². The van der Waals surface area contributed by atoms with Crippen molar-refractivity contribution in [3.63, 3.8) is 0 Å². The van der Waals surface area contributed by atoms with Crippen molar-refractivity contribution in [2.75, 3.05) is 25.4 Å². The van der Waals surface area contributed by atoms with Crippen molar-refractivity contribution in [3.8, 4) is 0 Å². The first-order chi connectivity index (χ1) is 13.9. The van der Waals surface area contributed by atoms with Crippen molar-refractivity contribution in [2.24, 2.45) is 5.92 Å². The number of piperidine rings is 1. The average Bonchev–Trinajstić information content (AvgIpc) is 2.71. The molecule has 0 unspecified atom stereocenters. The van der Waals surface area contributed by atoms with E-state index in [4.69, 9.17) is 0 Å². The average molecular weight is 439 g/mol. The van der Waals surface area contributed by atoms with Crippen molar-refractivity contribution in [2.45, 2.75) is 62.9 Å². The maximum Gasteiger partial charge on any atom is 0.223 e. The first kappa shape index (κ1) is 22.6. The molecule has 162 valence electrons. The highest BCUT2D eigenvalue weighted by Gasteiger charge is 2.31. The Morgan fingerprint density at radius 1 is 1.14 bits per heavy atom. The van der Waals surface area contributed by atoms with Crippen LogP contribution in [0.1, 0.15) is 56.1 Å². The minimum Gasteiger partial charge on any atom is -0.355 e. The number of thioether (sulfide) groups is 1. The van der Waals surface area contributed by atoms with Gasteiger partial charge in [0.1, 0.15) is 0 Å². The maximum atomic E-state index is 12.7. The van der Waals surface area contributed by atoms with Crippen molar-refractivity contribution < 1.29 is 13.2 Å². The highest BCUT2D eigenvalue weighted by atomic mass is 32.2. The Morgan fingerprint density at radius 3 is 2.55 bits per heavy atom. The number of carbonyl (C=O) groups excluding carboxylic acids is 1. The Bertz CT molecular complexity index is 768. The number of hydrogen-bond donors (Lipinski definition) is 1. The largest absolute Gasteiger partial charge is 0.355 e. The summed E-state index contributed by atoms with van der Waals surface area (Å²) in [6.45, 7) is 3.55. The lowest BCUT2D eigenvalue weighted by molar-refractivity contribution is -0.125. The summed E-state index contributed by atoms with van der Waals surface area (Å²) in [4.78, 5) is 12.4. The summed E-state index contributed by atoms with van der Waals surface area (Å²) < 4.78 is 27.0. The Labute approximate surface area is 180 Å². The maximum absolute atomic E-state index is 12.7. The van der Waals surface area contributed by atoms with Gasteiger partial charge in [-0.2, -0.15) is 11.8 Å². The molecule has 0 atom stereocenters. The van der Waals surface area contributed by atoms with E-state index in [1.54, 1.807) is 4.31 Å². The van der Waals surface area contributed by atoms with Crippen molar-refractivity contribution in [1.82, 2.24) is 9.62 Å². The lowest BCUT2D eigenvalue weighted by Gasteiger charge is -2.30. The zero-order chi connectivity index (χ0) is 20.7. The first-order valence-electron chi connectivity index (χ1n) is 10.9. The molecule has 3 rings (SSSR count). The van der Waals surface area contributed by atoms with Crippen LogP contribution in [0, 0.1) is 12.8 Å². The molecule has 7 heteroatoms. The predicted molar refractivity (Wildman–Crippen MR) is 120 cm³/mol. The number of amides is 1. The second-order valence-electron chi connectivity index (χ2n) is 8.34. The fourth-order valence-electron chi connectivity index (χ4n) is 4.28. The summed E-state index contributed by atoms with van der Waals surface area (Å²) in [6.07, 6.45) is 7.89. The molecule has 1 saturated heterocycles. The van der Waals surface area contributed by atoms with Crippen LogP contribution in [0.25, 0.3) is 0 Å². The Kier molecular flexibility index (Phi) is 8.45. The van der Waals surface area contributed by atoms with Gasteiger partial charge in [-0.1, -0.05) is 49.1 Å². The Balaban J connectivity index is 1.38. The number of nitrogens with zero attached hydrogens (tertiary/aromatic N) is 1. The van der Waals surface area contributed by atoms with E-state index in [9.17, 15) is 13.2 Å². The second kappa shape index (κ2) is 10.8. The van der Waals surface area contributed by atoms with E-state index < -0.39 is 10.0 Å². The summed E-state index contributed by atoms with van der Waals surface area (Å²) in [5.41, 5.74) is 1.88. The van der Waals surface area contributed by atoms with Gasteiger partial charge in [-0.3, -0.25) is 4.79 Å². The molecular formula is C22H34N2O3S2. The molecule has 0 radical (unpaired) electrons. The zero-order valence-corrected chi connectivity index (χ0v) is 19.1. The van der Waals surface area contributed by atoms with Gasteiger partial charge >= 0.3 is 0 Å². The van der Waals surface area contributed by atoms with Gasteiger partial charge in [0.2, 0.25) is 15.9 Å². The lowest BCUT2D eigenvalue weighted by Crippen LogP contribution is -2.43. The third-order valence-corrected chi connectivity index (χ3v) is 9.19. The molecule has 5 nitrogen and oxygen atoms in total. The van der Waals surface area contributed by atoms with Gasteiger partial charge in [-0.05, 0) is 38.2 Å². The molecule has 2 aliphatic rings. The first-order valence-corrected chi connectivity index (χ1v) is 13.5. The van der Waals surface area contributed by atoms with Gasteiger partial charge in [0.05, 0.1) is 5.75 Å². The third-order valence-electron chi connectivity index (χ3n) is 5.96. The summed E-state index contributed by atoms with van der Waals surface area (Å²) in [5.74, 6) is 1.02. The molecular weight excluding hydrogens is 404 g/mol. The molecule has 0 aromatic heterocycles. The molecule has 0 spiro atoms. The number of benzene rings is 1. The van der Waals surface area contributed by atoms with E-state index in [2.05, 4.69) is 5.32 Å². The van der Waals surface area contributed by atoms with Crippen LogP contribution in [0.4, 0.5) is 0 Å². The standard InChI is InChI=1S/C22H34N2O3S2/c1-18-6-5-7-19(16-18)17-29(26,27)24-13-10-20(11-14-24)22(25)23-12-15-28-21-8-3-2-4-9-21/h5-7,16,20-21H,2-4,8-15,17H2,1H3,(H,23,25).